The van der Waals surface area contributed by atoms with Crippen LogP contribution in [0, 0.1) is 0 Å². The largest absolute Gasteiger partial charge is 0.309 e. The van der Waals surface area contributed by atoms with E-state index in [2.05, 4.69) is 161 Å². The zero-order valence-corrected chi connectivity index (χ0v) is 23.9. The van der Waals surface area contributed by atoms with Crippen LogP contribution in [0.25, 0.3) is 77.4 Å². The summed E-state index contributed by atoms with van der Waals surface area (Å²) in [5.74, 6) is 0. The number of hydrogen-bond donors (Lipinski definition) is 0. The Bertz CT molecular complexity index is 2470. The van der Waals surface area contributed by atoms with Gasteiger partial charge in [-0.2, -0.15) is 0 Å². The van der Waals surface area contributed by atoms with E-state index < -0.39 is 0 Å². The molecule has 0 spiro atoms. The molecule has 206 valence electrons. The Balaban J connectivity index is 1.21. The molecule has 0 saturated carbocycles. The Labute approximate surface area is 254 Å². The predicted octanol–water partition coefficient (Wildman–Crippen LogP) is 10.6. The molecule has 0 amide bonds. The molecular weight excluding hydrogens is 534 g/mol. The van der Waals surface area contributed by atoms with Gasteiger partial charge in [0.1, 0.15) is 0 Å². The molecule has 0 N–H and O–H groups in total. The van der Waals surface area contributed by atoms with Gasteiger partial charge in [0.2, 0.25) is 0 Å². The van der Waals surface area contributed by atoms with Crippen LogP contribution in [-0.4, -0.2) is 14.1 Å². The van der Waals surface area contributed by atoms with E-state index in [1.807, 2.05) is 12.3 Å². The molecule has 44 heavy (non-hydrogen) atoms. The van der Waals surface area contributed by atoms with Crippen LogP contribution in [0.3, 0.4) is 0 Å². The number of pyridine rings is 1. The summed E-state index contributed by atoms with van der Waals surface area (Å²) < 4.78 is 4.70. The van der Waals surface area contributed by atoms with Gasteiger partial charge in [-0.3, -0.25) is 4.98 Å². The summed E-state index contributed by atoms with van der Waals surface area (Å²) >= 11 is 0. The van der Waals surface area contributed by atoms with Gasteiger partial charge in [0.15, 0.2) is 0 Å². The second kappa shape index (κ2) is 9.82. The van der Waals surface area contributed by atoms with Gasteiger partial charge < -0.3 is 9.13 Å². The van der Waals surface area contributed by atoms with Gasteiger partial charge in [0.05, 0.1) is 27.6 Å². The van der Waals surface area contributed by atoms with Crippen LogP contribution in [0.2, 0.25) is 0 Å². The van der Waals surface area contributed by atoms with Gasteiger partial charge in [0, 0.05) is 33.7 Å². The Hall–Kier alpha value is -5.93. The molecule has 9 rings (SSSR count). The fourth-order valence-corrected chi connectivity index (χ4v) is 6.73. The molecule has 6 aromatic carbocycles. The van der Waals surface area contributed by atoms with Crippen LogP contribution in [0.15, 0.2) is 164 Å². The monoisotopic (exact) mass is 561 g/mol. The highest BCUT2D eigenvalue weighted by molar-refractivity contribution is 6.11. The lowest BCUT2D eigenvalue weighted by atomic mass is 10.0. The highest BCUT2D eigenvalue weighted by Crippen LogP contribution is 2.37. The first-order chi connectivity index (χ1) is 21.8. The second-order valence-electron chi connectivity index (χ2n) is 11.3. The average Bonchev–Trinajstić information content (AvgIpc) is 3.61. The minimum atomic E-state index is 1.01. The number of aromatic nitrogens is 3. The van der Waals surface area contributed by atoms with Crippen LogP contribution in [0.1, 0.15) is 0 Å². The lowest BCUT2D eigenvalue weighted by molar-refractivity contribution is 1.18. The summed E-state index contributed by atoms with van der Waals surface area (Å²) in [5, 5.41) is 3.67. The average molecular weight is 562 g/mol. The maximum Gasteiger partial charge on any atom is 0.0963 e. The van der Waals surface area contributed by atoms with Crippen molar-refractivity contribution < 1.29 is 0 Å². The van der Waals surface area contributed by atoms with Crippen molar-refractivity contribution in [3.8, 4) is 33.6 Å². The lowest BCUT2D eigenvalue weighted by Crippen LogP contribution is -1.94. The molecule has 0 aliphatic heterocycles. The van der Waals surface area contributed by atoms with E-state index >= 15 is 0 Å². The summed E-state index contributed by atoms with van der Waals surface area (Å²) in [6.07, 6.45) is 1.89. The quantitative estimate of drug-likeness (QED) is 0.210. The molecule has 0 atom stereocenters. The standard InChI is InChI=1S/C41H27N3/c1-3-10-28(11-4-1)29-17-21-33(22-18-29)43-38-24-20-30(26-36(38)41-39(43)16-9-25-42-41)31-19-23-35-34-14-7-8-15-37(34)44(40(35)27-31)32-12-5-2-6-13-32/h1-27H. The number of nitrogens with zero attached hydrogens (tertiary/aromatic N) is 3. The molecule has 0 saturated heterocycles. The van der Waals surface area contributed by atoms with Crippen LogP contribution in [-0.2, 0) is 0 Å². The van der Waals surface area contributed by atoms with E-state index in [9.17, 15) is 0 Å². The first-order valence-electron chi connectivity index (χ1n) is 15.0. The third-order valence-corrected chi connectivity index (χ3v) is 8.77. The maximum atomic E-state index is 4.86. The van der Waals surface area contributed by atoms with E-state index in [1.54, 1.807) is 0 Å². The van der Waals surface area contributed by atoms with Crippen LogP contribution < -0.4 is 0 Å². The molecule has 0 fully saturated rings. The minimum Gasteiger partial charge on any atom is -0.309 e. The normalized spacial score (nSPS) is 11.6. The van der Waals surface area contributed by atoms with Crippen molar-refractivity contribution in [2.45, 2.75) is 0 Å². The Morgan fingerprint density at radius 2 is 0.909 bits per heavy atom. The van der Waals surface area contributed by atoms with Gasteiger partial charge in [-0.1, -0.05) is 97.1 Å². The van der Waals surface area contributed by atoms with Gasteiger partial charge >= 0.3 is 0 Å². The zero-order valence-electron chi connectivity index (χ0n) is 23.9. The summed E-state index contributed by atoms with van der Waals surface area (Å²) in [6.45, 7) is 0. The molecule has 3 aromatic heterocycles. The van der Waals surface area contributed by atoms with Gasteiger partial charge in [-0.25, -0.2) is 0 Å². The van der Waals surface area contributed by atoms with E-state index in [0.717, 1.165) is 33.3 Å². The topological polar surface area (TPSA) is 22.8 Å². The lowest BCUT2D eigenvalue weighted by Gasteiger charge is -2.10. The molecular formula is C41H27N3. The molecule has 0 aliphatic carbocycles. The van der Waals surface area contributed by atoms with Crippen molar-refractivity contribution in [1.29, 1.82) is 0 Å². The number of benzene rings is 6. The Morgan fingerprint density at radius 3 is 1.75 bits per heavy atom. The number of para-hydroxylation sites is 2. The molecule has 0 unspecified atom stereocenters. The van der Waals surface area contributed by atoms with Crippen molar-refractivity contribution in [3.05, 3.63) is 164 Å². The van der Waals surface area contributed by atoms with Crippen LogP contribution >= 0.6 is 0 Å². The number of hydrogen-bond acceptors (Lipinski definition) is 1. The summed E-state index contributed by atoms with van der Waals surface area (Å²) in [7, 11) is 0. The third kappa shape index (κ3) is 3.80. The summed E-state index contributed by atoms with van der Waals surface area (Å²) in [5.41, 5.74) is 12.8. The smallest absolute Gasteiger partial charge is 0.0963 e. The van der Waals surface area contributed by atoms with Gasteiger partial charge in [-0.15, -0.1) is 0 Å². The van der Waals surface area contributed by atoms with Gasteiger partial charge in [-0.05, 0) is 82.9 Å². The molecule has 3 heteroatoms. The fraction of sp³-hybridized carbons (Fsp3) is 0. The third-order valence-electron chi connectivity index (χ3n) is 8.77. The van der Waals surface area contributed by atoms with Gasteiger partial charge in [0.25, 0.3) is 0 Å². The first kappa shape index (κ1) is 24.6. The fourth-order valence-electron chi connectivity index (χ4n) is 6.73. The summed E-state index contributed by atoms with van der Waals surface area (Å²) in [6, 6.07) is 56.5. The minimum absolute atomic E-state index is 1.01. The molecule has 0 bridgehead atoms. The van der Waals surface area contributed by atoms with Crippen LogP contribution in [0.4, 0.5) is 0 Å². The SMILES string of the molecule is c1ccc(-c2ccc(-n3c4ccc(-c5ccc6c7ccccc7n(-c7ccccc7)c6c5)cc4c4ncccc43)cc2)cc1. The van der Waals surface area contributed by atoms with Crippen molar-refractivity contribution in [2.75, 3.05) is 0 Å². The van der Waals surface area contributed by atoms with Crippen molar-refractivity contribution >= 4 is 43.7 Å². The van der Waals surface area contributed by atoms with Crippen LogP contribution in [0.5, 0.6) is 0 Å². The zero-order chi connectivity index (χ0) is 29.0. The second-order valence-corrected chi connectivity index (χ2v) is 11.3. The number of fused-ring (bicyclic) bond motifs is 6. The molecule has 3 heterocycles. The maximum absolute atomic E-state index is 4.86. The highest BCUT2D eigenvalue weighted by atomic mass is 15.0. The number of rotatable bonds is 4. The molecule has 0 radical (unpaired) electrons. The molecule has 3 nitrogen and oxygen atoms in total. The van der Waals surface area contributed by atoms with Crippen molar-refractivity contribution in [3.63, 3.8) is 0 Å². The highest BCUT2D eigenvalue weighted by Gasteiger charge is 2.16. The Morgan fingerprint density at radius 1 is 0.341 bits per heavy atom. The summed E-state index contributed by atoms with van der Waals surface area (Å²) in [4.78, 5) is 4.86. The van der Waals surface area contributed by atoms with E-state index in [-0.39, 0.29) is 0 Å². The van der Waals surface area contributed by atoms with Crippen molar-refractivity contribution in [1.82, 2.24) is 14.1 Å². The van der Waals surface area contributed by atoms with E-state index in [4.69, 9.17) is 4.98 Å². The Kier molecular flexibility index (Phi) is 5.50. The first-order valence-corrected chi connectivity index (χ1v) is 15.0. The molecule has 0 aliphatic rings. The van der Waals surface area contributed by atoms with E-state index in [1.165, 1.54) is 44.1 Å². The van der Waals surface area contributed by atoms with E-state index in [0.29, 0.717) is 0 Å². The molecule has 9 aromatic rings. The van der Waals surface area contributed by atoms with Crippen molar-refractivity contribution in [2.24, 2.45) is 0 Å². The predicted molar refractivity (Wildman–Crippen MR) is 184 cm³/mol.